The summed E-state index contributed by atoms with van der Waals surface area (Å²) in [5.41, 5.74) is -0.184. The van der Waals surface area contributed by atoms with Gasteiger partial charge in [-0.05, 0) is 38.5 Å². The summed E-state index contributed by atoms with van der Waals surface area (Å²) in [4.78, 5) is 13.9. The smallest absolute Gasteiger partial charge is 0.317 e. The molecule has 21 heavy (non-hydrogen) atoms. The minimum absolute atomic E-state index is 0.104. The average Bonchev–Trinajstić information content (AvgIpc) is 2.63. The molecule has 1 saturated carbocycles. The molecule has 0 bridgehead atoms. The normalized spacial score (nSPS) is 25.8. The van der Waals surface area contributed by atoms with E-state index in [1.807, 2.05) is 0 Å². The van der Waals surface area contributed by atoms with Crippen molar-refractivity contribution in [3.8, 4) is 0 Å². The number of ether oxygens (including phenoxy) is 1. The topological polar surface area (TPSA) is 75.7 Å². The summed E-state index contributed by atoms with van der Waals surface area (Å²) in [6.45, 7) is 1.66. The van der Waals surface area contributed by atoms with Crippen LogP contribution in [0.5, 0.6) is 0 Å². The molecule has 122 valence electrons. The SMILES string of the molecule is COC1(CNC(=O)N2CCCC(S(C)(=O)=O)CC2)CCC1. The third-order valence-corrected chi connectivity index (χ3v) is 6.51. The summed E-state index contributed by atoms with van der Waals surface area (Å²) in [6, 6.07) is -0.104. The Labute approximate surface area is 127 Å². The Morgan fingerprint density at radius 3 is 2.52 bits per heavy atom. The first kappa shape index (κ1) is 16.5. The molecule has 2 aliphatic rings. The van der Waals surface area contributed by atoms with Gasteiger partial charge < -0.3 is 15.0 Å². The molecule has 1 aliphatic carbocycles. The maximum Gasteiger partial charge on any atom is 0.317 e. The molecule has 0 radical (unpaired) electrons. The Hall–Kier alpha value is -0.820. The number of nitrogens with zero attached hydrogens (tertiary/aromatic N) is 1. The predicted molar refractivity (Wildman–Crippen MR) is 81.0 cm³/mol. The summed E-state index contributed by atoms with van der Waals surface area (Å²) < 4.78 is 28.7. The van der Waals surface area contributed by atoms with Crippen LogP contribution in [0.25, 0.3) is 0 Å². The third-order valence-electron chi connectivity index (χ3n) is 4.83. The number of likely N-dealkylation sites (tertiary alicyclic amines) is 1. The van der Waals surface area contributed by atoms with Crippen molar-refractivity contribution >= 4 is 15.9 Å². The van der Waals surface area contributed by atoms with Crippen molar-refractivity contribution in [2.75, 3.05) is 33.0 Å². The maximum atomic E-state index is 12.2. The second-order valence-corrected chi connectivity index (χ2v) is 8.59. The summed E-state index contributed by atoms with van der Waals surface area (Å²) >= 11 is 0. The van der Waals surface area contributed by atoms with Crippen molar-refractivity contribution in [3.05, 3.63) is 0 Å². The van der Waals surface area contributed by atoms with E-state index in [-0.39, 0.29) is 16.9 Å². The van der Waals surface area contributed by atoms with Gasteiger partial charge in [-0.15, -0.1) is 0 Å². The molecular weight excluding hydrogens is 292 g/mol. The van der Waals surface area contributed by atoms with Crippen molar-refractivity contribution in [2.24, 2.45) is 0 Å². The molecule has 2 rings (SSSR count). The van der Waals surface area contributed by atoms with Crippen molar-refractivity contribution < 1.29 is 17.9 Å². The number of carbonyl (C=O) groups excluding carboxylic acids is 1. The fourth-order valence-electron chi connectivity index (χ4n) is 3.07. The van der Waals surface area contributed by atoms with Crippen molar-refractivity contribution in [2.45, 2.75) is 49.4 Å². The van der Waals surface area contributed by atoms with Crippen LogP contribution in [0.3, 0.4) is 0 Å². The highest BCUT2D eigenvalue weighted by Crippen LogP contribution is 2.34. The molecule has 1 heterocycles. The van der Waals surface area contributed by atoms with Gasteiger partial charge in [0, 0.05) is 33.0 Å². The number of urea groups is 1. The number of hydrogen-bond donors (Lipinski definition) is 1. The second-order valence-electron chi connectivity index (χ2n) is 6.27. The molecule has 1 N–H and O–H groups in total. The van der Waals surface area contributed by atoms with Crippen LogP contribution < -0.4 is 5.32 Å². The molecule has 1 unspecified atom stereocenters. The summed E-state index contributed by atoms with van der Waals surface area (Å²) in [5.74, 6) is 0. The first-order valence-corrected chi connectivity index (χ1v) is 9.59. The molecule has 6 nitrogen and oxygen atoms in total. The maximum absolute atomic E-state index is 12.2. The van der Waals surface area contributed by atoms with Gasteiger partial charge in [0.2, 0.25) is 0 Å². The van der Waals surface area contributed by atoms with Gasteiger partial charge in [0.1, 0.15) is 9.84 Å². The Bertz CT molecular complexity index is 468. The Morgan fingerprint density at radius 2 is 2.00 bits per heavy atom. The Balaban J connectivity index is 1.83. The fraction of sp³-hybridized carbons (Fsp3) is 0.929. The number of nitrogens with one attached hydrogen (secondary N) is 1. The molecule has 0 aromatic carbocycles. The first-order valence-electron chi connectivity index (χ1n) is 7.63. The van der Waals surface area contributed by atoms with Crippen LogP contribution in [0, 0.1) is 0 Å². The number of methoxy groups -OCH3 is 1. The quantitative estimate of drug-likeness (QED) is 0.844. The monoisotopic (exact) mass is 318 g/mol. The van der Waals surface area contributed by atoms with Crippen molar-refractivity contribution in [1.29, 1.82) is 0 Å². The number of carbonyl (C=O) groups is 1. The lowest BCUT2D eigenvalue weighted by Gasteiger charge is -2.40. The molecule has 0 spiro atoms. The standard InChI is InChI=1S/C14H26N2O4S/c1-20-14(7-4-8-14)11-15-13(17)16-9-3-5-12(6-10-16)21(2,18)19/h12H,3-11H2,1-2H3,(H,15,17). The van der Waals surface area contributed by atoms with Crippen LogP contribution in [0.4, 0.5) is 4.79 Å². The lowest BCUT2D eigenvalue weighted by molar-refractivity contribution is -0.0678. The second kappa shape index (κ2) is 6.52. The number of hydrogen-bond acceptors (Lipinski definition) is 4. The zero-order chi connectivity index (χ0) is 15.5. The fourth-order valence-corrected chi connectivity index (χ4v) is 4.20. The van der Waals surface area contributed by atoms with E-state index >= 15 is 0 Å². The van der Waals surface area contributed by atoms with E-state index in [4.69, 9.17) is 4.74 Å². The molecule has 0 aromatic rings. The van der Waals surface area contributed by atoms with Gasteiger partial charge in [-0.25, -0.2) is 13.2 Å². The molecule has 2 fully saturated rings. The van der Waals surface area contributed by atoms with E-state index < -0.39 is 9.84 Å². The molecule has 0 aromatic heterocycles. The van der Waals surface area contributed by atoms with Crippen LogP contribution in [0.2, 0.25) is 0 Å². The third kappa shape index (κ3) is 4.10. The van der Waals surface area contributed by atoms with Crippen LogP contribution in [0.1, 0.15) is 38.5 Å². The van der Waals surface area contributed by atoms with Gasteiger partial charge in [0.05, 0.1) is 10.9 Å². The number of sulfone groups is 1. The van der Waals surface area contributed by atoms with Crippen LogP contribution in [0.15, 0.2) is 0 Å². The minimum atomic E-state index is -3.01. The highest BCUT2D eigenvalue weighted by Gasteiger charge is 2.37. The van der Waals surface area contributed by atoms with E-state index in [0.717, 1.165) is 25.7 Å². The minimum Gasteiger partial charge on any atom is -0.376 e. The van der Waals surface area contributed by atoms with Crippen molar-refractivity contribution in [1.82, 2.24) is 10.2 Å². The van der Waals surface area contributed by atoms with Gasteiger partial charge in [-0.3, -0.25) is 0 Å². The van der Waals surface area contributed by atoms with Crippen LogP contribution in [-0.2, 0) is 14.6 Å². The van der Waals surface area contributed by atoms with Gasteiger partial charge >= 0.3 is 6.03 Å². The predicted octanol–water partition coefficient (Wildman–Crippen LogP) is 1.16. The molecule has 1 atom stereocenters. The molecule has 1 aliphatic heterocycles. The zero-order valence-electron chi connectivity index (χ0n) is 12.9. The van der Waals surface area contributed by atoms with E-state index in [1.54, 1.807) is 12.0 Å². The summed E-state index contributed by atoms with van der Waals surface area (Å²) in [5, 5.41) is 2.63. The van der Waals surface area contributed by atoms with E-state index in [9.17, 15) is 13.2 Å². The van der Waals surface area contributed by atoms with Gasteiger partial charge in [0.15, 0.2) is 0 Å². The van der Waals surface area contributed by atoms with E-state index in [1.165, 1.54) is 6.26 Å². The lowest BCUT2D eigenvalue weighted by atomic mass is 9.80. The first-order chi connectivity index (χ1) is 9.86. The van der Waals surface area contributed by atoms with Gasteiger partial charge in [-0.1, -0.05) is 0 Å². The Morgan fingerprint density at radius 1 is 1.29 bits per heavy atom. The highest BCUT2D eigenvalue weighted by molar-refractivity contribution is 7.91. The summed E-state index contributed by atoms with van der Waals surface area (Å²) in [7, 11) is -1.32. The highest BCUT2D eigenvalue weighted by atomic mass is 32.2. The van der Waals surface area contributed by atoms with Gasteiger partial charge in [0.25, 0.3) is 0 Å². The largest absolute Gasteiger partial charge is 0.376 e. The van der Waals surface area contributed by atoms with Crippen LogP contribution in [-0.4, -0.2) is 63.2 Å². The molecule has 1 saturated heterocycles. The van der Waals surface area contributed by atoms with Crippen LogP contribution >= 0.6 is 0 Å². The van der Waals surface area contributed by atoms with E-state index in [2.05, 4.69) is 5.32 Å². The number of amides is 2. The van der Waals surface area contributed by atoms with Crippen molar-refractivity contribution in [3.63, 3.8) is 0 Å². The van der Waals surface area contributed by atoms with Gasteiger partial charge in [-0.2, -0.15) is 0 Å². The number of rotatable bonds is 4. The Kier molecular flexibility index (Phi) is 5.14. The summed E-state index contributed by atoms with van der Waals surface area (Å²) in [6.07, 6.45) is 6.31. The molecular formula is C14H26N2O4S. The van der Waals surface area contributed by atoms with E-state index in [0.29, 0.717) is 32.5 Å². The molecule has 2 amide bonds. The lowest BCUT2D eigenvalue weighted by Crippen LogP contribution is -2.52. The zero-order valence-corrected chi connectivity index (χ0v) is 13.7. The average molecular weight is 318 g/mol. The molecule has 7 heteroatoms.